The van der Waals surface area contributed by atoms with Crippen LogP contribution in [-0.2, 0) is 17.6 Å². The zero-order valence-corrected chi connectivity index (χ0v) is 11.2. The minimum Gasteiger partial charge on any atom is -0.385 e. The third-order valence-corrected chi connectivity index (χ3v) is 3.60. The van der Waals surface area contributed by atoms with Crippen LogP contribution >= 0.6 is 11.3 Å². The molecule has 0 aliphatic rings. The van der Waals surface area contributed by atoms with Crippen molar-refractivity contribution in [2.24, 2.45) is 11.7 Å². The molecule has 1 unspecified atom stereocenters. The maximum Gasteiger partial charge on any atom is 0.0929 e. The first-order valence-corrected chi connectivity index (χ1v) is 6.69. The van der Waals surface area contributed by atoms with E-state index in [0.29, 0.717) is 5.92 Å². The number of methoxy groups -OCH3 is 1. The van der Waals surface area contributed by atoms with Gasteiger partial charge in [0.2, 0.25) is 0 Å². The van der Waals surface area contributed by atoms with E-state index < -0.39 is 0 Å². The molecule has 0 spiro atoms. The summed E-state index contributed by atoms with van der Waals surface area (Å²) < 4.78 is 5.02. The molecule has 0 aliphatic carbocycles. The first-order chi connectivity index (χ1) is 7.63. The molecule has 2 N–H and O–H groups in total. The monoisotopic (exact) mass is 242 g/mol. The van der Waals surface area contributed by atoms with Crippen molar-refractivity contribution < 1.29 is 4.74 Å². The number of aromatic nitrogens is 1. The van der Waals surface area contributed by atoms with E-state index in [-0.39, 0.29) is 6.04 Å². The molecule has 0 aliphatic heterocycles. The number of hydrogen-bond donors (Lipinski definition) is 1. The lowest BCUT2D eigenvalue weighted by Crippen LogP contribution is -2.28. The molecule has 0 bridgehead atoms. The zero-order valence-electron chi connectivity index (χ0n) is 10.4. The zero-order chi connectivity index (χ0) is 12.0. The van der Waals surface area contributed by atoms with Gasteiger partial charge in [-0.2, -0.15) is 0 Å². The summed E-state index contributed by atoms with van der Waals surface area (Å²) in [7, 11) is 1.73. The van der Waals surface area contributed by atoms with Crippen LogP contribution in [0.15, 0.2) is 5.38 Å². The maximum absolute atomic E-state index is 6.02. The standard InChI is InChI=1S/C12H22N2OS/c1-9(2)11(13)7-10-8-16-12(14-10)5-4-6-15-3/h8-9,11H,4-7,13H2,1-3H3. The highest BCUT2D eigenvalue weighted by molar-refractivity contribution is 7.09. The van der Waals surface area contributed by atoms with Crippen LogP contribution in [0, 0.1) is 5.92 Å². The van der Waals surface area contributed by atoms with Gasteiger partial charge in [-0.1, -0.05) is 13.8 Å². The Morgan fingerprint density at radius 1 is 1.50 bits per heavy atom. The van der Waals surface area contributed by atoms with Crippen molar-refractivity contribution in [3.05, 3.63) is 16.1 Å². The van der Waals surface area contributed by atoms with Crippen molar-refractivity contribution in [1.29, 1.82) is 0 Å². The topological polar surface area (TPSA) is 48.1 Å². The van der Waals surface area contributed by atoms with E-state index in [1.807, 2.05) is 0 Å². The Labute approximate surface area is 102 Å². The fourth-order valence-corrected chi connectivity index (χ4v) is 2.26. The molecule has 1 aromatic rings. The maximum atomic E-state index is 6.02. The van der Waals surface area contributed by atoms with Crippen LogP contribution in [0.5, 0.6) is 0 Å². The van der Waals surface area contributed by atoms with Crippen LogP contribution in [0.3, 0.4) is 0 Å². The van der Waals surface area contributed by atoms with Crippen molar-refractivity contribution in [3.8, 4) is 0 Å². The highest BCUT2D eigenvalue weighted by Crippen LogP contribution is 2.14. The van der Waals surface area contributed by atoms with Gasteiger partial charge in [-0.05, 0) is 12.3 Å². The highest BCUT2D eigenvalue weighted by Gasteiger charge is 2.10. The van der Waals surface area contributed by atoms with Gasteiger partial charge in [0.15, 0.2) is 0 Å². The van der Waals surface area contributed by atoms with Crippen LogP contribution in [0.1, 0.15) is 31.0 Å². The lowest BCUT2D eigenvalue weighted by atomic mass is 10.0. The molecule has 92 valence electrons. The first-order valence-electron chi connectivity index (χ1n) is 5.81. The second kappa shape index (κ2) is 6.99. The van der Waals surface area contributed by atoms with Gasteiger partial charge in [-0.3, -0.25) is 0 Å². The minimum absolute atomic E-state index is 0.217. The van der Waals surface area contributed by atoms with E-state index in [0.717, 1.165) is 31.6 Å². The molecule has 0 amide bonds. The molecule has 0 aromatic carbocycles. The van der Waals surface area contributed by atoms with E-state index in [4.69, 9.17) is 10.5 Å². The van der Waals surface area contributed by atoms with Crippen LogP contribution in [-0.4, -0.2) is 24.7 Å². The van der Waals surface area contributed by atoms with Gasteiger partial charge in [0.25, 0.3) is 0 Å². The van der Waals surface area contributed by atoms with Crippen molar-refractivity contribution in [1.82, 2.24) is 4.98 Å². The minimum atomic E-state index is 0.217. The predicted molar refractivity (Wildman–Crippen MR) is 68.8 cm³/mol. The van der Waals surface area contributed by atoms with Crippen molar-refractivity contribution in [2.45, 2.75) is 39.2 Å². The lowest BCUT2D eigenvalue weighted by molar-refractivity contribution is 0.195. The fourth-order valence-electron chi connectivity index (χ4n) is 1.40. The van der Waals surface area contributed by atoms with E-state index in [1.54, 1.807) is 18.4 Å². The lowest BCUT2D eigenvalue weighted by Gasteiger charge is -2.13. The van der Waals surface area contributed by atoms with Gasteiger partial charge in [-0.25, -0.2) is 4.98 Å². The molecule has 0 fully saturated rings. The van der Waals surface area contributed by atoms with E-state index in [1.165, 1.54) is 5.01 Å². The third kappa shape index (κ3) is 4.60. The molecule has 1 aromatic heterocycles. The normalized spacial score (nSPS) is 13.3. The molecule has 4 heteroatoms. The van der Waals surface area contributed by atoms with Crippen LogP contribution < -0.4 is 5.73 Å². The summed E-state index contributed by atoms with van der Waals surface area (Å²) in [6.07, 6.45) is 2.94. The summed E-state index contributed by atoms with van der Waals surface area (Å²) in [5.74, 6) is 0.513. The summed E-state index contributed by atoms with van der Waals surface area (Å²) in [4.78, 5) is 4.59. The van der Waals surface area contributed by atoms with Gasteiger partial charge in [-0.15, -0.1) is 11.3 Å². The fraction of sp³-hybridized carbons (Fsp3) is 0.750. The number of ether oxygens (including phenoxy) is 1. The van der Waals surface area contributed by atoms with E-state index in [9.17, 15) is 0 Å². The number of thiazole rings is 1. The second-order valence-electron chi connectivity index (χ2n) is 4.44. The van der Waals surface area contributed by atoms with Crippen molar-refractivity contribution in [3.63, 3.8) is 0 Å². The summed E-state index contributed by atoms with van der Waals surface area (Å²) in [6, 6.07) is 0.217. The Bertz CT molecular complexity index is 299. The Balaban J connectivity index is 2.39. The van der Waals surface area contributed by atoms with Crippen LogP contribution in [0.4, 0.5) is 0 Å². The average Bonchev–Trinajstić information content (AvgIpc) is 2.66. The molecule has 1 heterocycles. The Morgan fingerprint density at radius 2 is 2.25 bits per heavy atom. The molecule has 1 atom stereocenters. The first kappa shape index (κ1) is 13.6. The summed E-state index contributed by atoms with van der Waals surface area (Å²) in [5.41, 5.74) is 7.16. The predicted octanol–water partition coefficient (Wildman–Crippen LogP) is 2.25. The summed E-state index contributed by atoms with van der Waals surface area (Å²) in [6.45, 7) is 5.10. The number of rotatable bonds is 7. The Kier molecular flexibility index (Phi) is 5.95. The van der Waals surface area contributed by atoms with Crippen molar-refractivity contribution in [2.75, 3.05) is 13.7 Å². The molecule has 0 saturated heterocycles. The van der Waals surface area contributed by atoms with Crippen LogP contribution in [0.2, 0.25) is 0 Å². The Morgan fingerprint density at radius 3 is 2.88 bits per heavy atom. The van der Waals surface area contributed by atoms with Crippen LogP contribution in [0.25, 0.3) is 0 Å². The van der Waals surface area contributed by atoms with Gasteiger partial charge in [0, 0.05) is 38.0 Å². The molecule has 0 radical (unpaired) electrons. The molecular formula is C12H22N2OS. The second-order valence-corrected chi connectivity index (χ2v) is 5.38. The Hall–Kier alpha value is -0.450. The van der Waals surface area contributed by atoms with Gasteiger partial charge >= 0.3 is 0 Å². The van der Waals surface area contributed by atoms with E-state index in [2.05, 4.69) is 24.2 Å². The number of aryl methyl sites for hydroxylation is 1. The smallest absolute Gasteiger partial charge is 0.0929 e. The van der Waals surface area contributed by atoms with Gasteiger partial charge in [0.05, 0.1) is 10.7 Å². The molecule has 0 saturated carbocycles. The average molecular weight is 242 g/mol. The van der Waals surface area contributed by atoms with Gasteiger partial charge < -0.3 is 10.5 Å². The highest BCUT2D eigenvalue weighted by atomic mass is 32.1. The largest absolute Gasteiger partial charge is 0.385 e. The SMILES string of the molecule is COCCCc1nc(CC(N)C(C)C)cs1. The van der Waals surface area contributed by atoms with E-state index >= 15 is 0 Å². The summed E-state index contributed by atoms with van der Waals surface area (Å²) in [5, 5.41) is 3.33. The third-order valence-electron chi connectivity index (χ3n) is 2.64. The van der Waals surface area contributed by atoms with Crippen molar-refractivity contribution >= 4 is 11.3 Å². The molecule has 1 rings (SSSR count). The molecule has 16 heavy (non-hydrogen) atoms. The quantitative estimate of drug-likeness (QED) is 0.746. The summed E-state index contributed by atoms with van der Waals surface area (Å²) >= 11 is 1.73. The number of hydrogen-bond acceptors (Lipinski definition) is 4. The molecular weight excluding hydrogens is 220 g/mol. The number of nitrogens with zero attached hydrogens (tertiary/aromatic N) is 1. The molecule has 3 nitrogen and oxygen atoms in total. The number of nitrogens with two attached hydrogens (primary N) is 1. The van der Waals surface area contributed by atoms with Gasteiger partial charge in [0.1, 0.15) is 0 Å².